The predicted molar refractivity (Wildman–Crippen MR) is 63.2 cm³/mol. The Morgan fingerprint density at radius 1 is 1.71 bits per heavy atom. The summed E-state index contributed by atoms with van der Waals surface area (Å²) in [5.41, 5.74) is 1.14. The minimum Gasteiger partial charge on any atom is -0.464 e. The van der Waals surface area contributed by atoms with Gasteiger partial charge in [-0.25, -0.2) is 9.18 Å². The molecule has 0 spiro atoms. The molecule has 0 aromatic rings. The fourth-order valence-corrected chi connectivity index (χ4v) is 2.46. The lowest BCUT2D eigenvalue weighted by atomic mass is 9.79. The molecule has 0 aliphatic heterocycles. The van der Waals surface area contributed by atoms with Gasteiger partial charge in [0, 0.05) is 0 Å². The Labute approximate surface area is 102 Å². The van der Waals surface area contributed by atoms with Gasteiger partial charge in [-0.05, 0) is 38.5 Å². The Bertz CT molecular complexity index is 301. The summed E-state index contributed by atoms with van der Waals surface area (Å²) in [6.45, 7) is 5.74. The molecular weight excluding hydrogens is 223 g/mol. The molecule has 1 N–H and O–H groups in total. The summed E-state index contributed by atoms with van der Waals surface area (Å²) < 4.78 is 18.3. The molecule has 0 radical (unpaired) electrons. The maximum absolute atomic E-state index is 13.7. The van der Waals surface area contributed by atoms with Gasteiger partial charge in [-0.3, -0.25) is 0 Å². The second-order valence-electron chi connectivity index (χ2n) is 4.83. The standard InChI is InChI=1S/C13H21FO3/c1-4-17-13(16)11(14)12(15)10-6-8(2)5-9(3)7-10/h5,8,10-12,15H,4,6-7H2,1-3H3. The first-order valence-corrected chi connectivity index (χ1v) is 6.11. The summed E-state index contributed by atoms with van der Waals surface area (Å²) in [4.78, 5) is 11.2. The van der Waals surface area contributed by atoms with E-state index in [1.807, 2.05) is 13.8 Å². The highest BCUT2D eigenvalue weighted by Gasteiger charge is 2.35. The Kier molecular flexibility index (Phi) is 5.12. The summed E-state index contributed by atoms with van der Waals surface area (Å²) >= 11 is 0. The number of esters is 1. The highest BCUT2D eigenvalue weighted by atomic mass is 19.1. The number of ether oxygens (including phenoxy) is 1. The number of alkyl halides is 1. The average molecular weight is 244 g/mol. The Morgan fingerprint density at radius 2 is 2.35 bits per heavy atom. The van der Waals surface area contributed by atoms with Gasteiger partial charge in [-0.2, -0.15) is 0 Å². The lowest BCUT2D eigenvalue weighted by molar-refractivity contribution is -0.155. The smallest absolute Gasteiger partial charge is 0.343 e. The highest BCUT2D eigenvalue weighted by molar-refractivity contribution is 5.75. The molecule has 98 valence electrons. The van der Waals surface area contributed by atoms with Crippen molar-refractivity contribution in [1.29, 1.82) is 0 Å². The molecule has 0 amide bonds. The number of aliphatic hydroxyl groups is 1. The molecule has 17 heavy (non-hydrogen) atoms. The van der Waals surface area contributed by atoms with Crippen molar-refractivity contribution in [1.82, 2.24) is 0 Å². The number of carbonyl (C=O) groups excluding carboxylic acids is 1. The van der Waals surface area contributed by atoms with Gasteiger partial charge < -0.3 is 9.84 Å². The van der Waals surface area contributed by atoms with Gasteiger partial charge in [0.15, 0.2) is 0 Å². The first kappa shape index (κ1) is 14.2. The zero-order valence-electron chi connectivity index (χ0n) is 10.6. The van der Waals surface area contributed by atoms with Crippen LogP contribution in [0.25, 0.3) is 0 Å². The zero-order chi connectivity index (χ0) is 13.0. The van der Waals surface area contributed by atoms with Crippen molar-refractivity contribution in [3.63, 3.8) is 0 Å². The monoisotopic (exact) mass is 244 g/mol. The second-order valence-corrected chi connectivity index (χ2v) is 4.83. The fraction of sp³-hybridized carbons (Fsp3) is 0.769. The third-order valence-electron chi connectivity index (χ3n) is 3.12. The molecule has 1 aliphatic rings. The van der Waals surface area contributed by atoms with Crippen LogP contribution in [0.4, 0.5) is 4.39 Å². The van der Waals surface area contributed by atoms with E-state index in [4.69, 9.17) is 0 Å². The number of hydrogen-bond acceptors (Lipinski definition) is 3. The van der Waals surface area contributed by atoms with E-state index in [0.29, 0.717) is 18.8 Å². The molecule has 0 saturated carbocycles. The SMILES string of the molecule is CCOC(=O)C(F)C(O)C1CC(C)=CC(C)C1. The Balaban J connectivity index is 2.61. The summed E-state index contributed by atoms with van der Waals surface area (Å²) in [6, 6.07) is 0. The number of aliphatic hydroxyl groups excluding tert-OH is 1. The van der Waals surface area contributed by atoms with E-state index in [1.54, 1.807) is 6.92 Å². The molecule has 4 heteroatoms. The molecule has 0 aromatic carbocycles. The molecule has 3 nitrogen and oxygen atoms in total. The van der Waals surface area contributed by atoms with E-state index in [2.05, 4.69) is 10.8 Å². The molecule has 0 bridgehead atoms. The summed E-state index contributed by atoms with van der Waals surface area (Å²) in [5.74, 6) is -0.841. The van der Waals surface area contributed by atoms with Crippen LogP contribution in [0.15, 0.2) is 11.6 Å². The van der Waals surface area contributed by atoms with E-state index in [0.717, 1.165) is 5.57 Å². The summed E-state index contributed by atoms with van der Waals surface area (Å²) in [6.07, 6.45) is 0.281. The van der Waals surface area contributed by atoms with Crippen LogP contribution in [0.1, 0.15) is 33.6 Å². The van der Waals surface area contributed by atoms with Gasteiger partial charge in [-0.15, -0.1) is 0 Å². The van der Waals surface area contributed by atoms with Crippen LogP contribution >= 0.6 is 0 Å². The first-order chi connectivity index (χ1) is 7.95. The van der Waals surface area contributed by atoms with Gasteiger partial charge >= 0.3 is 5.97 Å². The number of halogens is 1. The number of carbonyl (C=O) groups is 1. The van der Waals surface area contributed by atoms with Crippen molar-refractivity contribution in [3.05, 3.63) is 11.6 Å². The average Bonchev–Trinajstić information content (AvgIpc) is 2.26. The van der Waals surface area contributed by atoms with Crippen molar-refractivity contribution in [2.75, 3.05) is 6.61 Å². The fourth-order valence-electron chi connectivity index (χ4n) is 2.46. The minimum atomic E-state index is -1.93. The van der Waals surface area contributed by atoms with Crippen LogP contribution in [0.2, 0.25) is 0 Å². The van der Waals surface area contributed by atoms with Crippen molar-refractivity contribution in [2.45, 2.75) is 45.9 Å². The first-order valence-electron chi connectivity index (χ1n) is 6.11. The van der Waals surface area contributed by atoms with Gasteiger partial charge in [0.05, 0.1) is 12.7 Å². The van der Waals surface area contributed by atoms with Gasteiger partial charge in [0.2, 0.25) is 6.17 Å². The maximum atomic E-state index is 13.7. The highest BCUT2D eigenvalue weighted by Crippen LogP contribution is 2.32. The van der Waals surface area contributed by atoms with E-state index < -0.39 is 18.2 Å². The van der Waals surface area contributed by atoms with E-state index in [-0.39, 0.29) is 12.5 Å². The normalized spacial score (nSPS) is 28.2. The molecule has 0 heterocycles. The van der Waals surface area contributed by atoms with Crippen LogP contribution in [-0.2, 0) is 9.53 Å². The zero-order valence-corrected chi connectivity index (χ0v) is 10.6. The van der Waals surface area contributed by atoms with Crippen molar-refractivity contribution < 1.29 is 19.0 Å². The third kappa shape index (κ3) is 3.80. The quantitative estimate of drug-likeness (QED) is 0.609. The van der Waals surface area contributed by atoms with E-state index in [1.165, 1.54) is 0 Å². The summed E-state index contributed by atoms with van der Waals surface area (Å²) in [5, 5.41) is 9.87. The second kappa shape index (κ2) is 6.15. The van der Waals surface area contributed by atoms with Crippen LogP contribution in [-0.4, -0.2) is 30.0 Å². The summed E-state index contributed by atoms with van der Waals surface area (Å²) in [7, 11) is 0. The predicted octanol–water partition coefficient (Wildman–Crippen LogP) is 2.24. The Morgan fingerprint density at radius 3 is 2.88 bits per heavy atom. The van der Waals surface area contributed by atoms with Gasteiger partial charge in [0.1, 0.15) is 0 Å². The molecule has 4 unspecified atom stereocenters. The van der Waals surface area contributed by atoms with Crippen molar-refractivity contribution in [3.8, 4) is 0 Å². The van der Waals surface area contributed by atoms with Crippen LogP contribution in [0, 0.1) is 11.8 Å². The molecule has 0 fully saturated rings. The molecule has 0 aromatic heterocycles. The van der Waals surface area contributed by atoms with Crippen LogP contribution < -0.4 is 0 Å². The molecule has 4 atom stereocenters. The third-order valence-corrected chi connectivity index (χ3v) is 3.12. The largest absolute Gasteiger partial charge is 0.464 e. The molecule has 1 aliphatic carbocycles. The van der Waals surface area contributed by atoms with E-state index >= 15 is 0 Å². The number of hydrogen-bond donors (Lipinski definition) is 1. The maximum Gasteiger partial charge on any atom is 0.343 e. The van der Waals surface area contributed by atoms with Crippen LogP contribution in [0.3, 0.4) is 0 Å². The molecule has 1 rings (SSSR count). The van der Waals surface area contributed by atoms with Gasteiger partial charge in [-0.1, -0.05) is 18.6 Å². The Hall–Kier alpha value is -0.900. The molecular formula is C13H21FO3. The number of allylic oxidation sites excluding steroid dienone is 2. The number of rotatable bonds is 4. The van der Waals surface area contributed by atoms with E-state index in [9.17, 15) is 14.3 Å². The van der Waals surface area contributed by atoms with Gasteiger partial charge in [0.25, 0.3) is 0 Å². The van der Waals surface area contributed by atoms with Crippen molar-refractivity contribution >= 4 is 5.97 Å². The topological polar surface area (TPSA) is 46.5 Å². The lowest BCUT2D eigenvalue weighted by Gasteiger charge is -2.30. The minimum absolute atomic E-state index is 0.131. The van der Waals surface area contributed by atoms with Crippen molar-refractivity contribution in [2.24, 2.45) is 11.8 Å². The lowest BCUT2D eigenvalue weighted by Crippen LogP contribution is -2.38. The van der Waals surface area contributed by atoms with Crippen LogP contribution in [0.5, 0.6) is 0 Å². The molecule has 0 saturated heterocycles.